The van der Waals surface area contributed by atoms with E-state index in [2.05, 4.69) is 48.2 Å². The van der Waals surface area contributed by atoms with Crippen LogP contribution in [0.15, 0.2) is 53.4 Å². The molecule has 9 nitrogen and oxygen atoms in total. The molecule has 1 aromatic carbocycles. The first-order valence-corrected chi connectivity index (χ1v) is 21.7. The van der Waals surface area contributed by atoms with Gasteiger partial charge in [0.05, 0.1) is 23.9 Å². The van der Waals surface area contributed by atoms with E-state index >= 15 is 0 Å². The summed E-state index contributed by atoms with van der Waals surface area (Å²) in [7, 11) is 1.77. The lowest BCUT2D eigenvalue weighted by molar-refractivity contribution is -0.159. The Bertz CT molecular complexity index is 1260. The molecule has 0 bridgehead atoms. The fraction of sp³-hybridized carbons (Fsp3) is 0.733. The van der Waals surface area contributed by atoms with Crippen molar-refractivity contribution in [3.05, 3.63) is 58.9 Å². The molecule has 0 saturated carbocycles. The van der Waals surface area contributed by atoms with Crippen molar-refractivity contribution in [2.75, 3.05) is 53.2 Å². The van der Waals surface area contributed by atoms with Crippen LogP contribution in [0.2, 0.25) is 0 Å². The highest BCUT2D eigenvalue weighted by atomic mass is 16.7. The maximum atomic E-state index is 12.5. The van der Waals surface area contributed by atoms with Gasteiger partial charge in [-0.05, 0) is 115 Å². The molecule has 1 N–H and O–H groups in total. The number of para-hydroxylation sites is 1. The zero-order valence-electron chi connectivity index (χ0n) is 34.5. The lowest BCUT2D eigenvalue weighted by Crippen LogP contribution is -2.28. The van der Waals surface area contributed by atoms with Crippen LogP contribution in [0.5, 0.6) is 0 Å². The highest BCUT2D eigenvalue weighted by Gasteiger charge is 2.14. The Morgan fingerprint density at radius 1 is 0.704 bits per heavy atom. The zero-order valence-corrected chi connectivity index (χ0v) is 34.5. The van der Waals surface area contributed by atoms with Gasteiger partial charge in [-0.3, -0.25) is 19.4 Å². The number of allylic oxidation sites excluding steroid dienone is 4. The topological polar surface area (TPSA) is 95.0 Å². The van der Waals surface area contributed by atoms with Crippen LogP contribution in [0.25, 0.3) is 10.9 Å². The Labute approximate surface area is 328 Å². The number of nitrogens with one attached hydrogen (secondary N) is 1. The number of hydrogen-bond acceptors (Lipinski definition) is 7. The van der Waals surface area contributed by atoms with Crippen molar-refractivity contribution >= 4 is 16.9 Å². The van der Waals surface area contributed by atoms with E-state index in [4.69, 9.17) is 18.9 Å². The molecule has 0 saturated heterocycles. The van der Waals surface area contributed by atoms with Crippen LogP contribution < -0.4 is 5.56 Å². The van der Waals surface area contributed by atoms with E-state index in [1.165, 1.54) is 38.5 Å². The van der Waals surface area contributed by atoms with Gasteiger partial charge in [-0.1, -0.05) is 88.8 Å². The van der Waals surface area contributed by atoms with E-state index in [1.54, 1.807) is 7.11 Å². The summed E-state index contributed by atoms with van der Waals surface area (Å²) in [5.74, 6) is -0.159. The van der Waals surface area contributed by atoms with Crippen molar-refractivity contribution in [2.24, 2.45) is 0 Å². The first kappa shape index (κ1) is 47.4. The molecule has 308 valence electrons. The van der Waals surface area contributed by atoms with Crippen LogP contribution >= 0.6 is 0 Å². The van der Waals surface area contributed by atoms with Crippen molar-refractivity contribution in [2.45, 2.75) is 162 Å². The quantitative estimate of drug-likeness (QED) is 0.0317. The van der Waals surface area contributed by atoms with E-state index in [0.29, 0.717) is 32.7 Å². The number of hydrogen-bond donors (Lipinski definition) is 1. The fourth-order valence-corrected chi connectivity index (χ4v) is 6.62. The molecular weight excluding hydrogens is 679 g/mol. The maximum absolute atomic E-state index is 12.5. The second kappa shape index (κ2) is 33.6. The third kappa shape index (κ3) is 23.9. The average Bonchev–Trinajstić information content (AvgIpc) is 3.50. The van der Waals surface area contributed by atoms with E-state index < -0.39 is 0 Å². The second-order valence-corrected chi connectivity index (χ2v) is 14.5. The number of carbonyl (C=O) groups is 1. The summed E-state index contributed by atoms with van der Waals surface area (Å²) >= 11 is 0. The molecule has 1 aromatic heterocycles. The van der Waals surface area contributed by atoms with Gasteiger partial charge < -0.3 is 23.8 Å². The minimum atomic E-state index is -0.354. The van der Waals surface area contributed by atoms with Gasteiger partial charge in [0.1, 0.15) is 0 Å². The first-order valence-electron chi connectivity index (χ1n) is 21.7. The maximum Gasteiger partial charge on any atom is 0.305 e. The van der Waals surface area contributed by atoms with Gasteiger partial charge in [0, 0.05) is 39.9 Å². The van der Waals surface area contributed by atoms with Crippen molar-refractivity contribution in [1.29, 1.82) is 0 Å². The minimum Gasteiger partial charge on any atom is -0.466 e. The Balaban J connectivity index is 1.64. The Morgan fingerprint density at radius 2 is 1.26 bits per heavy atom. The van der Waals surface area contributed by atoms with Gasteiger partial charge in [-0.25, -0.2) is 0 Å². The van der Waals surface area contributed by atoms with Crippen molar-refractivity contribution < 1.29 is 23.7 Å². The number of carbonyl (C=O) groups excluding carboxylic acids is 1. The van der Waals surface area contributed by atoms with Gasteiger partial charge in [-0.2, -0.15) is 0 Å². The number of nitrogens with zero attached hydrogens (tertiary/aromatic N) is 2. The number of esters is 1. The van der Waals surface area contributed by atoms with Crippen LogP contribution in [0.3, 0.4) is 0 Å². The van der Waals surface area contributed by atoms with Gasteiger partial charge in [0.2, 0.25) is 0 Å². The van der Waals surface area contributed by atoms with E-state index in [-0.39, 0.29) is 17.8 Å². The molecule has 0 unspecified atom stereocenters. The largest absolute Gasteiger partial charge is 0.466 e. The molecule has 0 spiro atoms. The summed E-state index contributed by atoms with van der Waals surface area (Å²) in [6.07, 6.45) is 30.4. The predicted molar refractivity (Wildman–Crippen MR) is 224 cm³/mol. The molecule has 0 aliphatic carbocycles. The summed E-state index contributed by atoms with van der Waals surface area (Å²) in [6, 6.07) is 7.82. The standard InChI is InChI=1S/C45H77N3O6/c1-4-6-8-10-17-26-39-53-44(54-40-27-18-11-9-7-5-2)32-31-43(49)52-38-25-19-13-15-23-34-47(33-22-14-12-16-24-37-51-3)35-28-36-48-42-30-21-20-29-41(42)45(50)46-48/h6-9,20-21,29-30,44H,4-5,10-19,22-28,31-40H2,1-3H3,(H,46,50)/b8-6-,9-7-. The lowest BCUT2D eigenvalue weighted by atomic mass is 10.1. The summed E-state index contributed by atoms with van der Waals surface area (Å²) in [5, 5.41) is 3.78. The van der Waals surface area contributed by atoms with E-state index in [0.717, 1.165) is 127 Å². The average molecular weight is 756 g/mol. The molecule has 0 aliphatic rings. The molecule has 54 heavy (non-hydrogen) atoms. The van der Waals surface area contributed by atoms with Gasteiger partial charge in [0.25, 0.3) is 5.56 Å². The van der Waals surface area contributed by atoms with E-state index in [9.17, 15) is 9.59 Å². The summed E-state index contributed by atoms with van der Waals surface area (Å²) in [5.41, 5.74) is 0.973. The van der Waals surface area contributed by atoms with Crippen LogP contribution in [0, 0.1) is 0 Å². The number of aryl methyl sites for hydroxylation is 1. The van der Waals surface area contributed by atoms with Crippen molar-refractivity contribution in [1.82, 2.24) is 14.7 Å². The van der Waals surface area contributed by atoms with Gasteiger partial charge >= 0.3 is 5.97 Å². The first-order chi connectivity index (χ1) is 26.6. The Morgan fingerprint density at radius 3 is 1.89 bits per heavy atom. The minimum absolute atomic E-state index is 0.0108. The molecule has 1 heterocycles. The Kier molecular flexibility index (Phi) is 29.5. The summed E-state index contributed by atoms with van der Waals surface area (Å²) < 4.78 is 24.9. The number of unbranched alkanes of at least 4 members (excludes halogenated alkanes) is 12. The predicted octanol–water partition coefficient (Wildman–Crippen LogP) is 10.5. The molecule has 2 rings (SSSR count). The third-order valence-corrected chi connectivity index (χ3v) is 9.76. The van der Waals surface area contributed by atoms with E-state index in [1.807, 2.05) is 28.9 Å². The Hall–Kier alpha value is -2.72. The van der Waals surface area contributed by atoms with Crippen LogP contribution in [0.4, 0.5) is 0 Å². The zero-order chi connectivity index (χ0) is 38.7. The monoisotopic (exact) mass is 756 g/mol. The third-order valence-electron chi connectivity index (χ3n) is 9.76. The molecule has 0 amide bonds. The van der Waals surface area contributed by atoms with Crippen molar-refractivity contribution in [3.8, 4) is 0 Å². The number of benzene rings is 1. The second-order valence-electron chi connectivity index (χ2n) is 14.5. The molecule has 0 atom stereocenters. The number of H-pyrrole nitrogens is 1. The highest BCUT2D eigenvalue weighted by Crippen LogP contribution is 2.13. The number of ether oxygens (including phenoxy) is 4. The molecule has 9 heteroatoms. The van der Waals surface area contributed by atoms with Gasteiger partial charge in [-0.15, -0.1) is 0 Å². The molecule has 0 radical (unpaired) electrons. The number of methoxy groups -OCH3 is 1. The SMILES string of the molecule is CC/C=C\CCCCOC(CCC(=O)OCCCCCCCN(CCCCCCCOC)CCCn1[nH]c(=O)c2ccccc21)OCCCC/C=C\CC. The van der Waals surface area contributed by atoms with Crippen LogP contribution in [0.1, 0.15) is 149 Å². The number of rotatable bonds is 37. The molecule has 2 aromatic rings. The number of aromatic amines is 1. The number of aromatic nitrogens is 2. The highest BCUT2D eigenvalue weighted by molar-refractivity contribution is 5.78. The molecule has 0 aliphatic heterocycles. The molecule has 0 fully saturated rings. The van der Waals surface area contributed by atoms with Crippen LogP contribution in [-0.2, 0) is 30.3 Å². The molecular formula is C45H77N3O6. The smallest absolute Gasteiger partial charge is 0.305 e. The number of fused-ring (bicyclic) bond motifs is 1. The van der Waals surface area contributed by atoms with Gasteiger partial charge in [0.15, 0.2) is 6.29 Å². The summed E-state index contributed by atoms with van der Waals surface area (Å²) in [4.78, 5) is 27.5. The summed E-state index contributed by atoms with van der Waals surface area (Å²) in [6.45, 7) is 11.0. The fourth-order valence-electron chi connectivity index (χ4n) is 6.62. The van der Waals surface area contributed by atoms with Crippen molar-refractivity contribution in [3.63, 3.8) is 0 Å². The lowest BCUT2D eigenvalue weighted by Gasteiger charge is -2.22. The normalized spacial score (nSPS) is 12.1. The van der Waals surface area contributed by atoms with Crippen LogP contribution in [-0.4, -0.2) is 80.1 Å².